The van der Waals surface area contributed by atoms with E-state index in [-0.39, 0.29) is 35.9 Å². The smallest absolute Gasteiger partial charge is 0.308 e. The molecule has 1 aliphatic heterocycles. The average molecular weight is 462 g/mol. The Hall–Kier alpha value is -0.620. The Kier molecular flexibility index (Phi) is 10.7. The molecule has 136 valence electrons. The van der Waals surface area contributed by atoms with E-state index in [9.17, 15) is 13.2 Å². The number of rotatable bonds is 6. The summed E-state index contributed by atoms with van der Waals surface area (Å²) in [6.07, 6.45) is 3.32. The van der Waals surface area contributed by atoms with Crippen molar-refractivity contribution < 1.29 is 17.9 Å². The number of ether oxygens (including phenoxy) is 1. The monoisotopic (exact) mass is 462 g/mol. The van der Waals surface area contributed by atoms with Crippen molar-refractivity contribution in [1.29, 1.82) is 0 Å². The Balaban J connectivity index is 0.00000484. The Labute approximate surface area is 155 Å². The molecular formula is C13H27IN4O4S. The van der Waals surface area contributed by atoms with Crippen molar-refractivity contribution in [2.75, 3.05) is 46.6 Å². The molecule has 0 saturated carbocycles. The van der Waals surface area contributed by atoms with Crippen LogP contribution in [0.2, 0.25) is 0 Å². The lowest BCUT2D eigenvalue weighted by molar-refractivity contribution is -0.146. The molecule has 0 aromatic heterocycles. The van der Waals surface area contributed by atoms with E-state index in [1.807, 2.05) is 0 Å². The van der Waals surface area contributed by atoms with Crippen LogP contribution in [0.25, 0.3) is 0 Å². The van der Waals surface area contributed by atoms with Gasteiger partial charge in [-0.1, -0.05) is 0 Å². The van der Waals surface area contributed by atoms with Crippen LogP contribution in [0.4, 0.5) is 0 Å². The van der Waals surface area contributed by atoms with Crippen molar-refractivity contribution in [3.63, 3.8) is 0 Å². The highest BCUT2D eigenvalue weighted by atomic mass is 127. The summed E-state index contributed by atoms with van der Waals surface area (Å²) in [7, 11) is -0.00176. The number of halogens is 1. The molecule has 8 nitrogen and oxygen atoms in total. The van der Waals surface area contributed by atoms with Gasteiger partial charge in [0, 0.05) is 33.2 Å². The minimum absolute atomic E-state index is 0. The van der Waals surface area contributed by atoms with Crippen molar-refractivity contribution in [2.45, 2.75) is 19.3 Å². The fraction of sp³-hybridized carbons (Fsp3) is 0.846. The highest BCUT2D eigenvalue weighted by Crippen LogP contribution is 2.18. The van der Waals surface area contributed by atoms with Gasteiger partial charge in [-0.05, 0) is 19.3 Å². The lowest BCUT2D eigenvalue weighted by Crippen LogP contribution is -2.47. The molecule has 0 unspecified atom stereocenters. The number of carbonyl (C=O) groups is 1. The summed E-state index contributed by atoms with van der Waals surface area (Å²) in [5.41, 5.74) is 0. The van der Waals surface area contributed by atoms with E-state index in [0.717, 1.165) is 38.1 Å². The molecule has 0 aromatic carbocycles. The fourth-order valence-electron chi connectivity index (χ4n) is 2.37. The molecule has 0 aliphatic carbocycles. The van der Waals surface area contributed by atoms with Crippen LogP contribution in [-0.2, 0) is 19.6 Å². The van der Waals surface area contributed by atoms with Gasteiger partial charge in [0.25, 0.3) is 0 Å². The molecule has 23 heavy (non-hydrogen) atoms. The third-order valence-corrected chi connectivity index (χ3v) is 4.27. The number of piperidine rings is 1. The van der Waals surface area contributed by atoms with E-state index in [4.69, 9.17) is 4.74 Å². The molecule has 0 amide bonds. The van der Waals surface area contributed by atoms with Gasteiger partial charge in [0.05, 0.1) is 19.3 Å². The second-order valence-corrected chi connectivity index (χ2v) is 7.11. The maximum atomic E-state index is 11.5. The maximum absolute atomic E-state index is 11.5. The van der Waals surface area contributed by atoms with Crippen LogP contribution in [0.3, 0.4) is 0 Å². The van der Waals surface area contributed by atoms with E-state index in [1.54, 1.807) is 7.05 Å². The van der Waals surface area contributed by atoms with Crippen molar-refractivity contribution in [3.8, 4) is 0 Å². The summed E-state index contributed by atoms with van der Waals surface area (Å²) in [5.74, 6) is 0.607. The quantitative estimate of drug-likeness (QED) is 0.190. The average Bonchev–Trinajstić information content (AvgIpc) is 2.49. The zero-order chi connectivity index (χ0) is 16.6. The van der Waals surface area contributed by atoms with Gasteiger partial charge in [0.1, 0.15) is 0 Å². The summed E-state index contributed by atoms with van der Waals surface area (Å²) in [5, 5.41) is 3.21. The van der Waals surface area contributed by atoms with Crippen LogP contribution in [-0.4, -0.2) is 71.8 Å². The lowest BCUT2D eigenvalue weighted by Gasteiger charge is -2.33. The Morgan fingerprint density at radius 1 is 1.30 bits per heavy atom. The summed E-state index contributed by atoms with van der Waals surface area (Å²) in [4.78, 5) is 17.8. The number of hydrogen-bond donors (Lipinski definition) is 2. The number of sulfonamides is 1. The van der Waals surface area contributed by atoms with Gasteiger partial charge >= 0.3 is 5.97 Å². The van der Waals surface area contributed by atoms with Crippen LogP contribution < -0.4 is 10.0 Å². The van der Waals surface area contributed by atoms with Crippen LogP contribution in [0.5, 0.6) is 0 Å². The van der Waals surface area contributed by atoms with Gasteiger partial charge in [0.15, 0.2) is 5.96 Å². The second kappa shape index (κ2) is 11.0. The molecule has 1 fully saturated rings. The first kappa shape index (κ1) is 22.4. The molecule has 0 radical (unpaired) electrons. The minimum atomic E-state index is -3.13. The third kappa shape index (κ3) is 8.70. The second-order valence-electron chi connectivity index (χ2n) is 5.28. The van der Waals surface area contributed by atoms with E-state index in [1.165, 1.54) is 7.11 Å². The summed E-state index contributed by atoms with van der Waals surface area (Å²) in [6, 6.07) is 0. The first-order valence-corrected chi connectivity index (χ1v) is 9.24. The van der Waals surface area contributed by atoms with Gasteiger partial charge in [-0.15, -0.1) is 24.0 Å². The number of guanidine groups is 1. The lowest BCUT2D eigenvalue weighted by atomic mass is 9.97. The van der Waals surface area contributed by atoms with Gasteiger partial charge in [-0.25, -0.2) is 13.1 Å². The first-order chi connectivity index (χ1) is 10.4. The van der Waals surface area contributed by atoms with Crippen LogP contribution in [0, 0.1) is 5.92 Å². The van der Waals surface area contributed by atoms with Crippen molar-refractivity contribution in [1.82, 2.24) is 14.9 Å². The SMILES string of the molecule is CN=C(NCCCNS(C)(=O)=O)N1CCC(C(=O)OC)CC1.I. The highest BCUT2D eigenvalue weighted by molar-refractivity contribution is 14.0. The molecule has 0 atom stereocenters. The Morgan fingerprint density at radius 3 is 2.39 bits per heavy atom. The summed E-state index contributed by atoms with van der Waals surface area (Å²) >= 11 is 0. The first-order valence-electron chi connectivity index (χ1n) is 7.35. The molecule has 0 spiro atoms. The number of nitrogens with zero attached hydrogens (tertiary/aromatic N) is 2. The van der Waals surface area contributed by atoms with Crippen molar-refractivity contribution in [3.05, 3.63) is 0 Å². The number of carbonyl (C=O) groups excluding carboxylic acids is 1. The molecule has 1 heterocycles. The van der Waals surface area contributed by atoms with Gasteiger partial charge < -0.3 is 15.0 Å². The van der Waals surface area contributed by atoms with Gasteiger partial charge in [0.2, 0.25) is 10.0 Å². The molecule has 1 saturated heterocycles. The topological polar surface area (TPSA) is 100 Å². The van der Waals surface area contributed by atoms with Crippen LogP contribution in [0.15, 0.2) is 4.99 Å². The van der Waals surface area contributed by atoms with Crippen LogP contribution in [0.1, 0.15) is 19.3 Å². The van der Waals surface area contributed by atoms with E-state index in [0.29, 0.717) is 19.5 Å². The van der Waals surface area contributed by atoms with Crippen molar-refractivity contribution in [2.24, 2.45) is 10.9 Å². The van der Waals surface area contributed by atoms with Crippen LogP contribution >= 0.6 is 24.0 Å². The van der Waals surface area contributed by atoms with E-state index in [2.05, 4.69) is 19.9 Å². The molecular weight excluding hydrogens is 435 g/mol. The number of nitrogens with one attached hydrogen (secondary N) is 2. The third-order valence-electron chi connectivity index (χ3n) is 3.54. The number of methoxy groups -OCH3 is 1. The Morgan fingerprint density at radius 2 is 1.91 bits per heavy atom. The molecule has 0 aromatic rings. The summed E-state index contributed by atoms with van der Waals surface area (Å²) < 4.78 is 29.1. The predicted octanol–water partition coefficient (Wildman–Crippen LogP) is 0.00410. The largest absolute Gasteiger partial charge is 0.469 e. The highest BCUT2D eigenvalue weighted by Gasteiger charge is 2.26. The standard InChI is InChI=1S/C13H26N4O4S.HI/c1-14-13(15-7-4-8-16-22(3,19)20)17-9-5-11(6-10-17)12(18)21-2;/h11,16H,4-10H2,1-3H3,(H,14,15);1H. The maximum Gasteiger partial charge on any atom is 0.308 e. The molecule has 2 N–H and O–H groups in total. The number of aliphatic imine (C=N–C) groups is 1. The molecule has 10 heteroatoms. The zero-order valence-corrected chi connectivity index (χ0v) is 17.0. The van der Waals surface area contributed by atoms with Gasteiger partial charge in [-0.3, -0.25) is 9.79 Å². The number of likely N-dealkylation sites (tertiary alicyclic amines) is 1. The summed E-state index contributed by atoms with van der Waals surface area (Å²) in [6.45, 7) is 2.53. The van der Waals surface area contributed by atoms with Gasteiger partial charge in [-0.2, -0.15) is 0 Å². The number of esters is 1. The minimum Gasteiger partial charge on any atom is -0.469 e. The van der Waals surface area contributed by atoms with E-state index < -0.39 is 10.0 Å². The normalized spacial score (nSPS) is 16.7. The predicted molar refractivity (Wildman–Crippen MR) is 101 cm³/mol. The molecule has 1 rings (SSSR count). The fourth-order valence-corrected chi connectivity index (χ4v) is 2.89. The molecule has 0 bridgehead atoms. The molecule has 1 aliphatic rings. The number of hydrogen-bond acceptors (Lipinski definition) is 5. The zero-order valence-electron chi connectivity index (χ0n) is 13.9. The van der Waals surface area contributed by atoms with E-state index >= 15 is 0 Å². The van der Waals surface area contributed by atoms with Crippen molar-refractivity contribution >= 4 is 45.9 Å². The Bertz CT molecular complexity index is 490.